The van der Waals surface area contributed by atoms with Crippen molar-refractivity contribution in [2.24, 2.45) is 5.10 Å². The van der Waals surface area contributed by atoms with Gasteiger partial charge in [-0.1, -0.05) is 0 Å². The summed E-state index contributed by atoms with van der Waals surface area (Å²) in [6.45, 7) is 5.18. The van der Waals surface area contributed by atoms with Crippen LogP contribution in [0, 0.1) is 13.8 Å². The molecule has 1 rings (SSSR count). The van der Waals surface area contributed by atoms with E-state index in [0.717, 1.165) is 17.0 Å². The van der Waals surface area contributed by atoms with E-state index in [1.165, 1.54) is 6.92 Å². The van der Waals surface area contributed by atoms with Gasteiger partial charge in [0.25, 0.3) is 0 Å². The minimum absolute atomic E-state index is 0.185. The summed E-state index contributed by atoms with van der Waals surface area (Å²) in [6.07, 6.45) is 1.58. The molecule has 0 unspecified atom stereocenters. The van der Waals surface area contributed by atoms with Crippen molar-refractivity contribution in [3.63, 3.8) is 0 Å². The number of rotatable bonds is 2. The van der Waals surface area contributed by atoms with Gasteiger partial charge in [0.2, 0.25) is 5.91 Å². The molecule has 0 bridgehead atoms. The zero-order valence-corrected chi connectivity index (χ0v) is 7.88. The smallest absolute Gasteiger partial charge is 0.236 e. The van der Waals surface area contributed by atoms with Crippen LogP contribution in [0.3, 0.4) is 0 Å². The SMILES string of the molecule is CC(=O)N/N=C/c1c(C)n[nH]c1C. The van der Waals surface area contributed by atoms with Gasteiger partial charge < -0.3 is 0 Å². The Balaban J connectivity index is 2.73. The van der Waals surface area contributed by atoms with Gasteiger partial charge in [-0.25, -0.2) is 5.43 Å². The van der Waals surface area contributed by atoms with Gasteiger partial charge in [0.1, 0.15) is 0 Å². The van der Waals surface area contributed by atoms with Crippen molar-refractivity contribution in [1.29, 1.82) is 0 Å². The lowest BCUT2D eigenvalue weighted by atomic mass is 10.2. The normalized spacial score (nSPS) is 10.7. The van der Waals surface area contributed by atoms with Gasteiger partial charge in [-0.3, -0.25) is 9.89 Å². The van der Waals surface area contributed by atoms with Crippen LogP contribution < -0.4 is 5.43 Å². The van der Waals surface area contributed by atoms with E-state index < -0.39 is 0 Å². The van der Waals surface area contributed by atoms with Crippen molar-refractivity contribution in [2.75, 3.05) is 0 Å². The Morgan fingerprint density at radius 3 is 2.77 bits per heavy atom. The molecule has 70 valence electrons. The Morgan fingerprint density at radius 1 is 1.62 bits per heavy atom. The predicted octanol–water partition coefficient (Wildman–Crippen LogP) is 0.497. The molecule has 0 atom stereocenters. The molecule has 0 saturated carbocycles. The zero-order valence-electron chi connectivity index (χ0n) is 7.88. The third-order valence-electron chi connectivity index (χ3n) is 1.60. The number of carbonyl (C=O) groups is 1. The number of carbonyl (C=O) groups excluding carboxylic acids is 1. The van der Waals surface area contributed by atoms with E-state index in [4.69, 9.17) is 0 Å². The van der Waals surface area contributed by atoms with Crippen molar-refractivity contribution in [3.05, 3.63) is 17.0 Å². The molecule has 0 aromatic carbocycles. The molecule has 0 fully saturated rings. The van der Waals surface area contributed by atoms with Gasteiger partial charge in [-0.2, -0.15) is 10.2 Å². The fraction of sp³-hybridized carbons (Fsp3) is 0.375. The number of hydrogen-bond donors (Lipinski definition) is 2. The molecule has 0 radical (unpaired) electrons. The molecule has 1 heterocycles. The second-order valence-corrected chi connectivity index (χ2v) is 2.77. The highest BCUT2D eigenvalue weighted by molar-refractivity contribution is 5.83. The van der Waals surface area contributed by atoms with Gasteiger partial charge in [0, 0.05) is 18.2 Å². The van der Waals surface area contributed by atoms with Crippen molar-refractivity contribution < 1.29 is 4.79 Å². The highest BCUT2D eigenvalue weighted by Crippen LogP contribution is 2.04. The Bertz CT molecular complexity index is 320. The van der Waals surface area contributed by atoms with Gasteiger partial charge in [-0.15, -0.1) is 0 Å². The fourth-order valence-corrected chi connectivity index (χ4v) is 0.937. The number of H-pyrrole nitrogens is 1. The average molecular weight is 180 g/mol. The van der Waals surface area contributed by atoms with Crippen molar-refractivity contribution in [3.8, 4) is 0 Å². The lowest BCUT2D eigenvalue weighted by molar-refractivity contribution is -0.118. The Kier molecular flexibility index (Phi) is 2.79. The van der Waals surface area contributed by atoms with E-state index in [2.05, 4.69) is 20.7 Å². The van der Waals surface area contributed by atoms with E-state index in [0.29, 0.717) is 0 Å². The molecule has 0 aliphatic carbocycles. The first kappa shape index (κ1) is 9.44. The first-order chi connectivity index (χ1) is 6.11. The van der Waals surface area contributed by atoms with Gasteiger partial charge in [0.15, 0.2) is 0 Å². The highest BCUT2D eigenvalue weighted by Gasteiger charge is 2.01. The molecule has 13 heavy (non-hydrogen) atoms. The molecular weight excluding hydrogens is 168 g/mol. The number of aryl methyl sites for hydroxylation is 2. The molecule has 0 aliphatic heterocycles. The lowest BCUT2D eigenvalue weighted by Crippen LogP contribution is -2.12. The quantitative estimate of drug-likeness (QED) is 0.514. The fourth-order valence-electron chi connectivity index (χ4n) is 0.937. The maximum Gasteiger partial charge on any atom is 0.236 e. The number of hydrazone groups is 1. The summed E-state index contributed by atoms with van der Waals surface area (Å²) in [5, 5.41) is 10.6. The summed E-state index contributed by atoms with van der Waals surface area (Å²) >= 11 is 0. The van der Waals surface area contributed by atoms with E-state index in [9.17, 15) is 4.79 Å². The summed E-state index contributed by atoms with van der Waals surface area (Å²) in [5.74, 6) is -0.185. The first-order valence-corrected chi connectivity index (χ1v) is 3.92. The summed E-state index contributed by atoms with van der Waals surface area (Å²) in [4.78, 5) is 10.5. The standard InChI is InChI=1S/C8H12N4O/c1-5-8(6(2)11-10-5)4-9-12-7(3)13/h4H,1-3H3,(H,10,11)(H,12,13)/b9-4+. The van der Waals surface area contributed by atoms with Crippen LogP contribution in [-0.2, 0) is 4.79 Å². The third kappa shape index (κ3) is 2.40. The summed E-state index contributed by atoms with van der Waals surface area (Å²) in [6, 6.07) is 0. The van der Waals surface area contributed by atoms with Crippen LogP contribution in [0.15, 0.2) is 5.10 Å². The second-order valence-electron chi connectivity index (χ2n) is 2.77. The van der Waals surface area contributed by atoms with E-state index >= 15 is 0 Å². The summed E-state index contributed by atoms with van der Waals surface area (Å²) < 4.78 is 0. The Labute approximate surface area is 76.2 Å². The van der Waals surface area contributed by atoms with Crippen LogP contribution in [0.4, 0.5) is 0 Å². The molecule has 5 nitrogen and oxygen atoms in total. The molecule has 0 saturated heterocycles. The number of hydrogen-bond acceptors (Lipinski definition) is 3. The van der Waals surface area contributed by atoms with Crippen LogP contribution >= 0.6 is 0 Å². The first-order valence-electron chi connectivity index (χ1n) is 3.92. The van der Waals surface area contributed by atoms with Crippen LogP contribution in [-0.4, -0.2) is 22.3 Å². The average Bonchev–Trinajstić information content (AvgIpc) is 2.34. The van der Waals surface area contributed by atoms with E-state index in [1.807, 2.05) is 13.8 Å². The van der Waals surface area contributed by atoms with Crippen LogP contribution in [0.5, 0.6) is 0 Å². The molecule has 1 aromatic heterocycles. The van der Waals surface area contributed by atoms with Gasteiger partial charge >= 0.3 is 0 Å². The molecule has 0 spiro atoms. The van der Waals surface area contributed by atoms with Gasteiger partial charge in [-0.05, 0) is 13.8 Å². The maximum atomic E-state index is 10.5. The van der Waals surface area contributed by atoms with Crippen LogP contribution in [0.1, 0.15) is 23.9 Å². The lowest BCUT2D eigenvalue weighted by Gasteiger charge is -1.92. The molecule has 5 heteroatoms. The number of nitrogens with zero attached hydrogens (tertiary/aromatic N) is 2. The topological polar surface area (TPSA) is 70.1 Å². The monoisotopic (exact) mass is 180 g/mol. The maximum absolute atomic E-state index is 10.5. The van der Waals surface area contributed by atoms with Crippen LogP contribution in [0.25, 0.3) is 0 Å². The minimum Gasteiger partial charge on any atom is -0.282 e. The minimum atomic E-state index is -0.185. The van der Waals surface area contributed by atoms with Crippen molar-refractivity contribution in [1.82, 2.24) is 15.6 Å². The Hall–Kier alpha value is -1.65. The largest absolute Gasteiger partial charge is 0.282 e. The van der Waals surface area contributed by atoms with Crippen LogP contribution in [0.2, 0.25) is 0 Å². The number of aromatic nitrogens is 2. The third-order valence-corrected chi connectivity index (χ3v) is 1.60. The summed E-state index contributed by atoms with van der Waals surface area (Å²) in [7, 11) is 0. The predicted molar refractivity (Wildman–Crippen MR) is 49.5 cm³/mol. The molecule has 1 amide bonds. The summed E-state index contributed by atoms with van der Waals surface area (Å²) in [5.41, 5.74) is 5.04. The van der Waals surface area contributed by atoms with Crippen molar-refractivity contribution in [2.45, 2.75) is 20.8 Å². The number of amides is 1. The molecular formula is C8H12N4O. The van der Waals surface area contributed by atoms with E-state index in [1.54, 1.807) is 6.21 Å². The molecule has 0 aliphatic rings. The number of nitrogens with one attached hydrogen (secondary N) is 2. The highest BCUT2D eigenvalue weighted by atomic mass is 16.2. The van der Waals surface area contributed by atoms with E-state index in [-0.39, 0.29) is 5.91 Å². The Morgan fingerprint density at radius 2 is 2.31 bits per heavy atom. The zero-order chi connectivity index (χ0) is 9.84. The van der Waals surface area contributed by atoms with Gasteiger partial charge in [0.05, 0.1) is 11.9 Å². The number of aromatic amines is 1. The van der Waals surface area contributed by atoms with Crippen molar-refractivity contribution >= 4 is 12.1 Å². The molecule has 1 aromatic rings. The molecule has 2 N–H and O–H groups in total. The second kappa shape index (κ2) is 3.84.